The van der Waals surface area contributed by atoms with Crippen LogP contribution in [0, 0.1) is 6.92 Å². The monoisotopic (exact) mass is 215 g/mol. The van der Waals surface area contributed by atoms with Crippen LogP contribution < -0.4 is 5.73 Å². The number of halogens is 1. The summed E-state index contributed by atoms with van der Waals surface area (Å²) in [6.07, 6.45) is 0. The average molecular weight is 216 g/mol. The number of rotatable bonds is 2. The van der Waals surface area contributed by atoms with Crippen LogP contribution in [0.3, 0.4) is 0 Å². The quantitative estimate of drug-likeness (QED) is 0.697. The third kappa shape index (κ3) is 1.97. The summed E-state index contributed by atoms with van der Waals surface area (Å²) in [4.78, 5) is 10.6. The molecule has 4 N–H and O–H groups in total. The highest BCUT2D eigenvalue weighted by molar-refractivity contribution is 6.31. The van der Waals surface area contributed by atoms with Crippen molar-refractivity contribution in [3.8, 4) is 5.75 Å². The minimum atomic E-state index is -1.23. The fourth-order valence-electron chi connectivity index (χ4n) is 1.08. The van der Waals surface area contributed by atoms with E-state index in [0.29, 0.717) is 10.6 Å². The lowest BCUT2D eigenvalue weighted by Crippen LogP contribution is -2.20. The Morgan fingerprint density at radius 3 is 2.64 bits per heavy atom. The molecule has 1 atom stereocenters. The van der Waals surface area contributed by atoms with E-state index in [9.17, 15) is 9.90 Å². The molecule has 76 valence electrons. The SMILES string of the molecule is Cc1cc(C(N)C(=O)O)c(O)cc1Cl. The molecule has 0 bridgehead atoms. The van der Waals surface area contributed by atoms with Gasteiger partial charge in [-0.25, -0.2) is 0 Å². The van der Waals surface area contributed by atoms with Gasteiger partial charge >= 0.3 is 5.97 Å². The van der Waals surface area contributed by atoms with Gasteiger partial charge in [0.1, 0.15) is 11.8 Å². The number of aliphatic carboxylic acids is 1. The zero-order valence-corrected chi connectivity index (χ0v) is 8.25. The second-order valence-corrected chi connectivity index (χ2v) is 3.38. The van der Waals surface area contributed by atoms with Crippen molar-refractivity contribution in [3.05, 3.63) is 28.3 Å². The van der Waals surface area contributed by atoms with E-state index in [1.54, 1.807) is 6.92 Å². The van der Waals surface area contributed by atoms with Crippen molar-refractivity contribution in [1.82, 2.24) is 0 Å². The van der Waals surface area contributed by atoms with Gasteiger partial charge in [-0.2, -0.15) is 0 Å². The highest BCUT2D eigenvalue weighted by atomic mass is 35.5. The number of benzene rings is 1. The molecule has 0 saturated heterocycles. The van der Waals surface area contributed by atoms with Crippen LogP contribution in [0.2, 0.25) is 5.02 Å². The summed E-state index contributed by atoms with van der Waals surface area (Å²) >= 11 is 5.72. The predicted octanol–water partition coefficient (Wildman–Crippen LogP) is 1.44. The van der Waals surface area contributed by atoms with E-state index in [4.69, 9.17) is 22.4 Å². The molecule has 0 saturated carbocycles. The van der Waals surface area contributed by atoms with E-state index >= 15 is 0 Å². The molecule has 0 radical (unpaired) electrons. The maximum Gasteiger partial charge on any atom is 0.325 e. The van der Waals surface area contributed by atoms with Crippen LogP contribution in [0.15, 0.2) is 12.1 Å². The summed E-state index contributed by atoms with van der Waals surface area (Å²) in [7, 11) is 0. The lowest BCUT2D eigenvalue weighted by Gasteiger charge is -2.10. The summed E-state index contributed by atoms with van der Waals surface area (Å²) in [5, 5.41) is 18.4. The Hall–Kier alpha value is -1.26. The van der Waals surface area contributed by atoms with Crippen molar-refractivity contribution in [2.45, 2.75) is 13.0 Å². The van der Waals surface area contributed by atoms with E-state index in [1.807, 2.05) is 0 Å². The van der Waals surface area contributed by atoms with Crippen LogP contribution in [0.25, 0.3) is 0 Å². The molecule has 0 spiro atoms. The minimum Gasteiger partial charge on any atom is -0.508 e. The fraction of sp³-hybridized carbons (Fsp3) is 0.222. The van der Waals surface area contributed by atoms with Crippen molar-refractivity contribution in [1.29, 1.82) is 0 Å². The zero-order chi connectivity index (χ0) is 10.9. The van der Waals surface area contributed by atoms with E-state index in [2.05, 4.69) is 0 Å². The molecule has 0 aliphatic heterocycles. The molecule has 4 nitrogen and oxygen atoms in total. The van der Waals surface area contributed by atoms with Gasteiger partial charge in [0.2, 0.25) is 0 Å². The van der Waals surface area contributed by atoms with Crippen molar-refractivity contribution in [2.75, 3.05) is 0 Å². The summed E-state index contributed by atoms with van der Waals surface area (Å²) in [5.74, 6) is -1.39. The molecular weight excluding hydrogens is 206 g/mol. The third-order valence-electron chi connectivity index (χ3n) is 1.91. The van der Waals surface area contributed by atoms with E-state index in [1.165, 1.54) is 12.1 Å². The Morgan fingerprint density at radius 2 is 2.14 bits per heavy atom. The number of aryl methyl sites for hydroxylation is 1. The summed E-state index contributed by atoms with van der Waals surface area (Å²) in [5.41, 5.74) is 6.20. The number of aromatic hydroxyl groups is 1. The Labute approximate surface area is 85.9 Å². The first-order chi connectivity index (χ1) is 6.43. The fourth-order valence-corrected chi connectivity index (χ4v) is 1.23. The number of carboxylic acid groups (broad SMARTS) is 1. The van der Waals surface area contributed by atoms with Gasteiger partial charge in [0, 0.05) is 10.6 Å². The second-order valence-electron chi connectivity index (χ2n) is 2.98. The van der Waals surface area contributed by atoms with Gasteiger partial charge in [-0.3, -0.25) is 4.79 Å². The van der Waals surface area contributed by atoms with Crippen LogP contribution >= 0.6 is 11.6 Å². The van der Waals surface area contributed by atoms with E-state index in [0.717, 1.165) is 0 Å². The zero-order valence-electron chi connectivity index (χ0n) is 7.49. The maximum absolute atomic E-state index is 10.6. The molecule has 1 aromatic rings. The van der Waals surface area contributed by atoms with Crippen molar-refractivity contribution < 1.29 is 15.0 Å². The highest BCUT2D eigenvalue weighted by Gasteiger charge is 2.18. The standard InChI is InChI=1S/C9H10ClNO3/c1-4-2-5(8(11)9(13)14)7(12)3-6(4)10/h2-3,8,12H,11H2,1H3,(H,13,14). The van der Waals surface area contributed by atoms with Crippen molar-refractivity contribution in [3.63, 3.8) is 0 Å². The van der Waals surface area contributed by atoms with Crippen molar-refractivity contribution >= 4 is 17.6 Å². The van der Waals surface area contributed by atoms with Gasteiger partial charge in [0.25, 0.3) is 0 Å². The molecule has 0 aliphatic rings. The van der Waals surface area contributed by atoms with Gasteiger partial charge < -0.3 is 15.9 Å². The molecule has 5 heteroatoms. The van der Waals surface area contributed by atoms with Gasteiger partial charge in [-0.05, 0) is 24.6 Å². The molecule has 0 heterocycles. The molecule has 0 aliphatic carbocycles. The van der Waals surface area contributed by atoms with Crippen LogP contribution in [0.1, 0.15) is 17.2 Å². The molecular formula is C9H10ClNO3. The van der Waals surface area contributed by atoms with E-state index < -0.39 is 12.0 Å². The van der Waals surface area contributed by atoms with Crippen LogP contribution in [-0.4, -0.2) is 16.2 Å². The minimum absolute atomic E-state index is 0.166. The van der Waals surface area contributed by atoms with Crippen LogP contribution in [0.5, 0.6) is 5.75 Å². The molecule has 1 aromatic carbocycles. The Balaban J connectivity index is 3.22. The molecule has 1 rings (SSSR count). The molecule has 0 fully saturated rings. The molecule has 14 heavy (non-hydrogen) atoms. The number of carbonyl (C=O) groups is 1. The predicted molar refractivity (Wildman–Crippen MR) is 52.4 cm³/mol. The molecule has 0 amide bonds. The normalized spacial score (nSPS) is 12.5. The number of phenolic OH excluding ortho intramolecular Hbond substituents is 1. The van der Waals surface area contributed by atoms with Gasteiger partial charge in [0.05, 0.1) is 0 Å². The number of hydrogen-bond acceptors (Lipinski definition) is 3. The largest absolute Gasteiger partial charge is 0.508 e. The third-order valence-corrected chi connectivity index (χ3v) is 2.32. The summed E-state index contributed by atoms with van der Waals surface area (Å²) in [6, 6.07) is 1.52. The average Bonchev–Trinajstić information content (AvgIpc) is 2.10. The summed E-state index contributed by atoms with van der Waals surface area (Å²) < 4.78 is 0. The topological polar surface area (TPSA) is 83.6 Å². The summed E-state index contributed by atoms with van der Waals surface area (Å²) in [6.45, 7) is 1.71. The van der Waals surface area contributed by atoms with Gasteiger partial charge in [0.15, 0.2) is 0 Å². The smallest absolute Gasteiger partial charge is 0.325 e. The maximum atomic E-state index is 10.6. The number of nitrogens with two attached hydrogens (primary N) is 1. The van der Waals surface area contributed by atoms with Crippen molar-refractivity contribution in [2.24, 2.45) is 5.73 Å². The lowest BCUT2D eigenvalue weighted by atomic mass is 10.0. The second kappa shape index (κ2) is 3.86. The van der Waals surface area contributed by atoms with Gasteiger partial charge in [-0.1, -0.05) is 11.6 Å². The first-order valence-electron chi connectivity index (χ1n) is 3.91. The Morgan fingerprint density at radius 1 is 1.57 bits per heavy atom. The Bertz CT molecular complexity index is 379. The van der Waals surface area contributed by atoms with Crippen LogP contribution in [-0.2, 0) is 4.79 Å². The number of phenols is 1. The van der Waals surface area contributed by atoms with Gasteiger partial charge in [-0.15, -0.1) is 0 Å². The molecule has 1 unspecified atom stereocenters. The Kier molecular flexibility index (Phi) is 2.98. The number of hydrogen-bond donors (Lipinski definition) is 3. The number of carboxylic acids is 1. The molecule has 0 aromatic heterocycles. The highest BCUT2D eigenvalue weighted by Crippen LogP contribution is 2.29. The first-order valence-corrected chi connectivity index (χ1v) is 4.28. The lowest BCUT2D eigenvalue weighted by molar-refractivity contribution is -0.138. The van der Waals surface area contributed by atoms with Crippen LogP contribution in [0.4, 0.5) is 0 Å². The first kappa shape index (κ1) is 10.8. The van der Waals surface area contributed by atoms with E-state index in [-0.39, 0.29) is 11.3 Å².